The highest BCUT2D eigenvalue weighted by atomic mass is 35.5. The Hall–Kier alpha value is -2.03. The van der Waals surface area contributed by atoms with Crippen LogP contribution in [0.2, 0.25) is 5.02 Å². The summed E-state index contributed by atoms with van der Waals surface area (Å²) >= 11 is 5.68. The summed E-state index contributed by atoms with van der Waals surface area (Å²) in [5.74, 6) is -1.39. The fourth-order valence-electron chi connectivity index (χ4n) is 1.35. The Balaban J connectivity index is 2.63. The Bertz CT molecular complexity index is 668. The minimum absolute atomic E-state index is 0.0910. The molecule has 0 aliphatic heterocycles. The van der Waals surface area contributed by atoms with Crippen LogP contribution in [0.3, 0.4) is 0 Å². The lowest BCUT2D eigenvalue weighted by Gasteiger charge is -2.14. The number of hydrogen-bond donors (Lipinski definition) is 0. The van der Waals surface area contributed by atoms with E-state index in [2.05, 4.69) is 14.8 Å². The van der Waals surface area contributed by atoms with Crippen molar-refractivity contribution in [3.05, 3.63) is 23.1 Å². The molecule has 2 heterocycles. The molecule has 20 heavy (non-hydrogen) atoms. The van der Waals surface area contributed by atoms with Crippen molar-refractivity contribution in [2.75, 3.05) is 14.1 Å². The number of fused-ring (bicyclic) bond motifs is 1. The minimum Gasteiger partial charge on any atom is -0.315 e. The number of rotatable bonds is 1. The SMILES string of the molecule is CN(C)C(=O)On1c(C(F)(F)F)nc2ncc(Cl)cc21. The van der Waals surface area contributed by atoms with Crippen molar-refractivity contribution in [3.8, 4) is 0 Å². The zero-order valence-corrected chi connectivity index (χ0v) is 11.0. The van der Waals surface area contributed by atoms with Gasteiger partial charge in [0.15, 0.2) is 5.65 Å². The van der Waals surface area contributed by atoms with Crippen molar-refractivity contribution in [2.45, 2.75) is 6.18 Å². The molecule has 6 nitrogen and oxygen atoms in total. The quantitative estimate of drug-likeness (QED) is 0.810. The molecule has 0 N–H and O–H groups in total. The second-order valence-electron chi connectivity index (χ2n) is 3.98. The molecule has 2 rings (SSSR count). The summed E-state index contributed by atoms with van der Waals surface area (Å²) in [7, 11) is 2.67. The van der Waals surface area contributed by atoms with Gasteiger partial charge in [0.2, 0.25) is 0 Å². The predicted octanol–water partition coefficient (Wildman–Crippen LogP) is 2.21. The summed E-state index contributed by atoms with van der Waals surface area (Å²) in [6.45, 7) is 0. The maximum atomic E-state index is 12.9. The monoisotopic (exact) mass is 308 g/mol. The molecule has 0 bridgehead atoms. The molecule has 2 aromatic rings. The Morgan fingerprint density at radius 1 is 1.45 bits per heavy atom. The number of alkyl halides is 3. The lowest BCUT2D eigenvalue weighted by Crippen LogP contribution is -2.33. The van der Waals surface area contributed by atoms with Crippen LogP contribution in [0.25, 0.3) is 11.2 Å². The Kier molecular flexibility index (Phi) is 3.46. The molecule has 0 radical (unpaired) electrons. The number of pyridine rings is 1. The molecular weight excluding hydrogens is 301 g/mol. The molecule has 0 aromatic carbocycles. The van der Waals surface area contributed by atoms with Gasteiger partial charge in [0.1, 0.15) is 5.52 Å². The van der Waals surface area contributed by atoms with Crippen LogP contribution in [0, 0.1) is 0 Å². The number of halogens is 4. The first-order valence-corrected chi connectivity index (χ1v) is 5.59. The van der Waals surface area contributed by atoms with Crippen LogP contribution in [0.1, 0.15) is 5.82 Å². The van der Waals surface area contributed by atoms with Crippen LogP contribution in [0.15, 0.2) is 12.3 Å². The van der Waals surface area contributed by atoms with E-state index >= 15 is 0 Å². The van der Waals surface area contributed by atoms with Crippen molar-refractivity contribution >= 4 is 28.9 Å². The number of aromatic nitrogens is 3. The van der Waals surface area contributed by atoms with Gasteiger partial charge in [0.25, 0.3) is 5.82 Å². The molecule has 0 saturated carbocycles. The second kappa shape index (κ2) is 4.82. The van der Waals surface area contributed by atoms with Crippen molar-refractivity contribution in [1.29, 1.82) is 0 Å². The average molecular weight is 309 g/mol. The number of carbonyl (C=O) groups excluding carboxylic acids is 1. The molecule has 0 aliphatic rings. The standard InChI is InChI=1S/C10H8ClF3N4O2/c1-17(2)9(19)20-18-6-3-5(11)4-15-7(6)16-8(18)10(12,13)14/h3-4H,1-2H3. The van der Waals surface area contributed by atoms with Crippen molar-refractivity contribution < 1.29 is 22.8 Å². The van der Waals surface area contributed by atoms with E-state index in [1.165, 1.54) is 20.2 Å². The number of amides is 1. The van der Waals surface area contributed by atoms with Crippen LogP contribution >= 0.6 is 11.6 Å². The zero-order valence-electron chi connectivity index (χ0n) is 10.3. The Morgan fingerprint density at radius 3 is 2.65 bits per heavy atom. The predicted molar refractivity (Wildman–Crippen MR) is 63.2 cm³/mol. The Morgan fingerprint density at radius 2 is 2.10 bits per heavy atom. The molecule has 0 aliphatic carbocycles. The molecule has 0 atom stereocenters. The third kappa shape index (κ3) is 2.62. The third-order valence-corrected chi connectivity index (χ3v) is 2.43. The molecule has 2 aromatic heterocycles. The van der Waals surface area contributed by atoms with Gasteiger partial charge in [0, 0.05) is 20.3 Å². The largest absolute Gasteiger partial charge is 0.453 e. The number of nitrogens with zero attached hydrogens (tertiary/aromatic N) is 4. The van der Waals surface area contributed by atoms with Gasteiger partial charge in [-0.25, -0.2) is 14.8 Å². The smallest absolute Gasteiger partial charge is 0.315 e. The van der Waals surface area contributed by atoms with Crippen LogP contribution < -0.4 is 4.84 Å². The zero-order chi connectivity index (χ0) is 15.1. The van der Waals surface area contributed by atoms with Gasteiger partial charge in [-0.05, 0) is 6.07 Å². The van der Waals surface area contributed by atoms with Crippen LogP contribution in [0.5, 0.6) is 0 Å². The molecule has 0 fully saturated rings. The van der Waals surface area contributed by atoms with E-state index in [-0.39, 0.29) is 20.9 Å². The van der Waals surface area contributed by atoms with E-state index in [0.29, 0.717) is 0 Å². The van der Waals surface area contributed by atoms with Crippen LogP contribution in [-0.4, -0.2) is 39.8 Å². The van der Waals surface area contributed by atoms with Gasteiger partial charge in [-0.1, -0.05) is 11.6 Å². The van der Waals surface area contributed by atoms with Gasteiger partial charge in [-0.15, -0.1) is 4.73 Å². The fraction of sp³-hybridized carbons (Fsp3) is 0.300. The minimum atomic E-state index is -4.81. The summed E-state index contributed by atoms with van der Waals surface area (Å²) in [4.78, 5) is 24.1. The van der Waals surface area contributed by atoms with Crippen molar-refractivity contribution in [2.24, 2.45) is 0 Å². The van der Waals surface area contributed by atoms with Gasteiger partial charge in [0.05, 0.1) is 5.02 Å². The molecule has 10 heteroatoms. The first-order chi connectivity index (χ1) is 9.20. The van der Waals surface area contributed by atoms with E-state index in [0.717, 1.165) is 11.1 Å². The van der Waals surface area contributed by atoms with Gasteiger partial charge in [-0.2, -0.15) is 13.2 Å². The van der Waals surface area contributed by atoms with Gasteiger partial charge < -0.3 is 9.74 Å². The van der Waals surface area contributed by atoms with Gasteiger partial charge in [-0.3, -0.25) is 0 Å². The van der Waals surface area contributed by atoms with E-state index < -0.39 is 18.1 Å². The lowest BCUT2D eigenvalue weighted by molar-refractivity contribution is -0.152. The molecule has 108 valence electrons. The average Bonchev–Trinajstić information content (AvgIpc) is 2.67. The van der Waals surface area contributed by atoms with E-state index in [9.17, 15) is 18.0 Å². The van der Waals surface area contributed by atoms with Crippen molar-refractivity contribution in [1.82, 2.24) is 19.6 Å². The normalized spacial score (nSPS) is 11.7. The lowest BCUT2D eigenvalue weighted by atomic mass is 10.4. The molecule has 0 spiro atoms. The summed E-state index contributed by atoms with van der Waals surface area (Å²) in [6, 6.07) is 1.18. The highest BCUT2D eigenvalue weighted by Gasteiger charge is 2.39. The van der Waals surface area contributed by atoms with Crippen LogP contribution in [0.4, 0.5) is 18.0 Å². The number of hydrogen-bond acceptors (Lipinski definition) is 4. The van der Waals surface area contributed by atoms with Crippen LogP contribution in [-0.2, 0) is 6.18 Å². The number of imidazole rings is 1. The first kappa shape index (κ1) is 14.4. The summed E-state index contributed by atoms with van der Waals surface area (Å²) in [5.41, 5.74) is -0.381. The van der Waals surface area contributed by atoms with E-state index in [1.54, 1.807) is 0 Å². The van der Waals surface area contributed by atoms with Gasteiger partial charge >= 0.3 is 12.3 Å². The first-order valence-electron chi connectivity index (χ1n) is 5.21. The summed E-state index contributed by atoms with van der Waals surface area (Å²) < 4.78 is 38.9. The molecule has 0 saturated heterocycles. The van der Waals surface area contributed by atoms with E-state index in [1.807, 2.05) is 0 Å². The third-order valence-electron chi connectivity index (χ3n) is 2.22. The second-order valence-corrected chi connectivity index (χ2v) is 4.41. The maximum Gasteiger partial charge on any atom is 0.453 e. The number of carbonyl (C=O) groups is 1. The highest BCUT2D eigenvalue weighted by molar-refractivity contribution is 6.31. The molecular formula is C10H8ClF3N4O2. The maximum absolute atomic E-state index is 12.9. The summed E-state index contributed by atoms with van der Waals surface area (Å²) in [5, 5.41) is 0.0910. The fourth-order valence-corrected chi connectivity index (χ4v) is 1.50. The highest BCUT2D eigenvalue weighted by Crippen LogP contribution is 2.31. The molecule has 0 unspecified atom stereocenters. The Labute approximate surface area is 115 Å². The topological polar surface area (TPSA) is 60.2 Å². The molecule has 1 amide bonds. The van der Waals surface area contributed by atoms with E-state index in [4.69, 9.17) is 11.6 Å². The van der Waals surface area contributed by atoms with Crippen molar-refractivity contribution in [3.63, 3.8) is 0 Å². The summed E-state index contributed by atoms with van der Waals surface area (Å²) in [6.07, 6.45) is -4.65.